The van der Waals surface area contributed by atoms with E-state index in [2.05, 4.69) is 4.99 Å². The van der Waals surface area contributed by atoms with Gasteiger partial charge in [-0.2, -0.15) is 0 Å². The SMILES string of the molecule is Cc1ccc(C)c(N2C(=O)/C(=C/c3ccccc3)N=C2c2ccc(Cl)cc2Cl)c1. The topological polar surface area (TPSA) is 32.7 Å². The Kier molecular flexibility index (Phi) is 5.27. The molecule has 3 aromatic carbocycles. The van der Waals surface area contributed by atoms with Gasteiger partial charge >= 0.3 is 0 Å². The van der Waals surface area contributed by atoms with Gasteiger partial charge in [-0.3, -0.25) is 9.69 Å². The number of carbonyl (C=O) groups excluding carboxylic acids is 1. The fourth-order valence-electron chi connectivity index (χ4n) is 3.26. The standard InChI is InChI=1S/C24H18Cl2N2O/c1-15-8-9-16(2)22(12-15)28-23(19-11-10-18(25)14-20(19)26)27-21(24(28)29)13-17-6-4-3-5-7-17/h3-14H,1-2H3/b21-13-. The summed E-state index contributed by atoms with van der Waals surface area (Å²) in [6.45, 7) is 3.97. The molecule has 29 heavy (non-hydrogen) atoms. The molecule has 0 saturated heterocycles. The molecule has 5 heteroatoms. The molecule has 0 radical (unpaired) electrons. The molecule has 144 valence electrons. The number of aryl methyl sites for hydroxylation is 2. The largest absolute Gasteiger partial charge is 0.282 e. The maximum absolute atomic E-state index is 13.4. The van der Waals surface area contributed by atoms with E-state index in [4.69, 9.17) is 23.2 Å². The highest BCUT2D eigenvalue weighted by Crippen LogP contribution is 2.33. The highest BCUT2D eigenvalue weighted by Gasteiger charge is 2.34. The average Bonchev–Trinajstić information content (AvgIpc) is 3.00. The van der Waals surface area contributed by atoms with Gasteiger partial charge in [-0.1, -0.05) is 65.7 Å². The molecule has 0 N–H and O–H groups in total. The molecule has 0 saturated carbocycles. The summed E-state index contributed by atoms with van der Waals surface area (Å²) in [6, 6.07) is 20.9. The highest BCUT2D eigenvalue weighted by molar-refractivity contribution is 6.41. The van der Waals surface area contributed by atoms with Gasteiger partial charge < -0.3 is 0 Å². The summed E-state index contributed by atoms with van der Waals surface area (Å²) in [7, 11) is 0. The lowest BCUT2D eigenvalue weighted by Crippen LogP contribution is -2.33. The minimum Gasteiger partial charge on any atom is -0.266 e. The number of rotatable bonds is 3. The number of amides is 1. The maximum Gasteiger partial charge on any atom is 0.282 e. The Morgan fingerprint density at radius 1 is 0.931 bits per heavy atom. The van der Waals surface area contributed by atoms with Crippen molar-refractivity contribution in [1.82, 2.24) is 0 Å². The van der Waals surface area contributed by atoms with Gasteiger partial charge in [0.15, 0.2) is 0 Å². The zero-order valence-electron chi connectivity index (χ0n) is 16.0. The molecule has 3 aromatic rings. The Morgan fingerprint density at radius 2 is 1.69 bits per heavy atom. The van der Waals surface area contributed by atoms with Gasteiger partial charge in [-0.15, -0.1) is 0 Å². The second-order valence-corrected chi connectivity index (χ2v) is 7.77. The van der Waals surface area contributed by atoms with Crippen LogP contribution in [0.1, 0.15) is 22.3 Å². The summed E-state index contributed by atoms with van der Waals surface area (Å²) in [4.78, 5) is 19.7. The first-order valence-corrected chi connectivity index (χ1v) is 9.92. The van der Waals surface area contributed by atoms with E-state index >= 15 is 0 Å². The Morgan fingerprint density at radius 3 is 2.41 bits per heavy atom. The fourth-order valence-corrected chi connectivity index (χ4v) is 3.75. The van der Waals surface area contributed by atoms with Crippen molar-refractivity contribution < 1.29 is 4.79 Å². The quantitative estimate of drug-likeness (QED) is 0.448. The third-order valence-corrected chi connectivity index (χ3v) is 5.29. The minimum absolute atomic E-state index is 0.191. The summed E-state index contributed by atoms with van der Waals surface area (Å²) in [6.07, 6.45) is 1.79. The van der Waals surface area contributed by atoms with Gasteiger partial charge in [0, 0.05) is 10.6 Å². The zero-order chi connectivity index (χ0) is 20.5. The molecule has 3 nitrogen and oxygen atoms in total. The van der Waals surface area contributed by atoms with Crippen molar-refractivity contribution in [2.45, 2.75) is 13.8 Å². The number of hydrogen-bond donors (Lipinski definition) is 0. The molecule has 1 aliphatic heterocycles. The molecule has 0 aromatic heterocycles. The van der Waals surface area contributed by atoms with Crippen LogP contribution in [-0.4, -0.2) is 11.7 Å². The minimum atomic E-state index is -0.191. The van der Waals surface area contributed by atoms with E-state index in [0.29, 0.717) is 27.1 Å². The molecule has 0 bridgehead atoms. The summed E-state index contributed by atoms with van der Waals surface area (Å²) in [5, 5.41) is 0.974. The molecule has 4 rings (SSSR count). The van der Waals surface area contributed by atoms with Crippen LogP contribution in [0.4, 0.5) is 5.69 Å². The molecule has 1 amide bonds. The number of benzene rings is 3. The number of carbonyl (C=O) groups is 1. The summed E-state index contributed by atoms with van der Waals surface area (Å²) in [5.74, 6) is 0.302. The highest BCUT2D eigenvalue weighted by atomic mass is 35.5. The number of nitrogens with zero attached hydrogens (tertiary/aromatic N) is 2. The molecule has 1 heterocycles. The van der Waals surface area contributed by atoms with E-state index in [1.165, 1.54) is 0 Å². The Balaban J connectivity index is 1.90. The van der Waals surface area contributed by atoms with E-state index in [1.54, 1.807) is 29.2 Å². The van der Waals surface area contributed by atoms with Crippen LogP contribution in [0.2, 0.25) is 10.0 Å². The van der Waals surface area contributed by atoms with E-state index < -0.39 is 0 Å². The second-order valence-electron chi connectivity index (χ2n) is 6.93. The molecule has 0 spiro atoms. The van der Waals surface area contributed by atoms with E-state index in [1.807, 2.05) is 62.4 Å². The molecular formula is C24H18Cl2N2O. The first-order valence-electron chi connectivity index (χ1n) is 9.16. The lowest BCUT2D eigenvalue weighted by Gasteiger charge is -2.21. The normalized spacial score (nSPS) is 15.2. The number of aliphatic imine (C=N–C) groups is 1. The smallest absolute Gasteiger partial charge is 0.266 e. The van der Waals surface area contributed by atoms with Crippen molar-refractivity contribution in [2.24, 2.45) is 4.99 Å². The van der Waals surface area contributed by atoms with Crippen molar-refractivity contribution in [2.75, 3.05) is 4.90 Å². The first-order chi connectivity index (χ1) is 13.9. The summed E-state index contributed by atoms with van der Waals surface area (Å²) >= 11 is 12.5. The second kappa shape index (κ2) is 7.86. The predicted molar refractivity (Wildman–Crippen MR) is 121 cm³/mol. The van der Waals surface area contributed by atoms with E-state index in [9.17, 15) is 4.79 Å². The van der Waals surface area contributed by atoms with Crippen LogP contribution in [0.5, 0.6) is 0 Å². The van der Waals surface area contributed by atoms with Gasteiger partial charge in [0.05, 0.1) is 10.7 Å². The summed E-state index contributed by atoms with van der Waals surface area (Å²) < 4.78 is 0. The monoisotopic (exact) mass is 420 g/mol. The van der Waals surface area contributed by atoms with Crippen LogP contribution >= 0.6 is 23.2 Å². The Hall–Kier alpha value is -2.88. The van der Waals surface area contributed by atoms with Crippen molar-refractivity contribution in [3.8, 4) is 0 Å². The number of anilines is 1. The van der Waals surface area contributed by atoms with Crippen LogP contribution in [-0.2, 0) is 4.79 Å². The van der Waals surface area contributed by atoms with Crippen molar-refractivity contribution in [3.63, 3.8) is 0 Å². The van der Waals surface area contributed by atoms with E-state index in [0.717, 1.165) is 22.4 Å². The Bertz CT molecular complexity index is 1170. The van der Waals surface area contributed by atoms with Crippen molar-refractivity contribution in [1.29, 1.82) is 0 Å². The van der Waals surface area contributed by atoms with Crippen LogP contribution < -0.4 is 4.90 Å². The van der Waals surface area contributed by atoms with E-state index in [-0.39, 0.29) is 5.91 Å². The fraction of sp³-hybridized carbons (Fsp3) is 0.0833. The van der Waals surface area contributed by atoms with Gasteiger partial charge in [-0.25, -0.2) is 4.99 Å². The van der Waals surface area contributed by atoms with Crippen LogP contribution in [0.15, 0.2) is 77.4 Å². The van der Waals surface area contributed by atoms with Crippen molar-refractivity contribution in [3.05, 3.63) is 105 Å². The lowest BCUT2D eigenvalue weighted by atomic mass is 10.1. The molecule has 0 aliphatic carbocycles. The average molecular weight is 421 g/mol. The van der Waals surface area contributed by atoms with Crippen LogP contribution in [0.3, 0.4) is 0 Å². The predicted octanol–water partition coefficient (Wildman–Crippen LogP) is 6.44. The first kappa shape index (κ1) is 19.4. The number of hydrogen-bond acceptors (Lipinski definition) is 2. The van der Waals surface area contributed by atoms with Crippen molar-refractivity contribution >= 4 is 46.7 Å². The van der Waals surface area contributed by atoms with Gasteiger partial charge in [0.1, 0.15) is 11.5 Å². The third-order valence-electron chi connectivity index (χ3n) is 4.74. The molecule has 1 aliphatic rings. The van der Waals surface area contributed by atoms with Gasteiger partial charge in [0.25, 0.3) is 5.91 Å². The van der Waals surface area contributed by atoms with Crippen LogP contribution in [0.25, 0.3) is 6.08 Å². The number of amidine groups is 1. The zero-order valence-corrected chi connectivity index (χ0v) is 17.5. The van der Waals surface area contributed by atoms with Gasteiger partial charge in [0.2, 0.25) is 0 Å². The molecule has 0 fully saturated rings. The van der Waals surface area contributed by atoms with Gasteiger partial charge in [-0.05, 0) is 60.9 Å². The molecular weight excluding hydrogens is 403 g/mol. The number of halogens is 2. The molecule has 0 atom stereocenters. The summed E-state index contributed by atoms with van der Waals surface area (Å²) in [5.41, 5.74) is 4.74. The Labute approximate surface area is 179 Å². The third kappa shape index (κ3) is 3.84. The van der Waals surface area contributed by atoms with Crippen LogP contribution in [0, 0.1) is 13.8 Å². The lowest BCUT2D eigenvalue weighted by molar-refractivity contribution is -0.113. The maximum atomic E-state index is 13.4. The molecule has 0 unspecified atom stereocenters.